The van der Waals surface area contributed by atoms with Gasteiger partial charge in [0.2, 0.25) is 5.69 Å². The first-order valence-corrected chi connectivity index (χ1v) is 14.7. The molecular formula is C36H40NS+. The molecule has 1 aliphatic heterocycles. The summed E-state index contributed by atoms with van der Waals surface area (Å²) in [6, 6.07) is 19.0. The molecule has 0 bridgehead atoms. The normalized spacial score (nSPS) is 13.5. The number of hydrogen-bond acceptors (Lipinski definition) is 1. The smallest absolute Gasteiger partial charge is 0.200 e. The van der Waals surface area contributed by atoms with E-state index in [4.69, 9.17) is 0 Å². The molecule has 38 heavy (non-hydrogen) atoms. The highest BCUT2D eigenvalue weighted by atomic mass is 32.2. The Morgan fingerprint density at radius 2 is 1.45 bits per heavy atom. The van der Waals surface area contributed by atoms with Crippen LogP contribution in [-0.4, -0.2) is 0 Å². The molecule has 0 saturated heterocycles. The van der Waals surface area contributed by atoms with E-state index >= 15 is 0 Å². The van der Waals surface area contributed by atoms with Crippen molar-refractivity contribution in [1.29, 1.82) is 0 Å². The highest BCUT2D eigenvalue weighted by Gasteiger charge is 2.33. The fourth-order valence-corrected chi connectivity index (χ4v) is 7.81. The summed E-state index contributed by atoms with van der Waals surface area (Å²) in [5.74, 6) is 0. The highest BCUT2D eigenvalue weighted by Crippen LogP contribution is 2.53. The second kappa shape index (κ2) is 8.58. The predicted molar refractivity (Wildman–Crippen MR) is 165 cm³/mol. The van der Waals surface area contributed by atoms with Crippen LogP contribution in [0, 0.1) is 24.7 Å². The van der Waals surface area contributed by atoms with Crippen LogP contribution >= 0.6 is 11.8 Å². The molecule has 0 atom stereocenters. The van der Waals surface area contributed by atoms with E-state index in [-0.39, 0.29) is 10.8 Å². The zero-order chi connectivity index (χ0) is 27.1. The minimum absolute atomic E-state index is 0.196. The van der Waals surface area contributed by atoms with Crippen molar-refractivity contribution in [2.45, 2.75) is 78.0 Å². The Labute approximate surface area is 232 Å². The molecule has 194 valence electrons. The summed E-state index contributed by atoms with van der Waals surface area (Å²) in [4.78, 5) is 2.84. The second-order valence-corrected chi connectivity index (χ2v) is 15.0. The van der Waals surface area contributed by atoms with E-state index in [9.17, 15) is 0 Å². The van der Waals surface area contributed by atoms with Crippen LogP contribution in [0.4, 0.5) is 0 Å². The highest BCUT2D eigenvalue weighted by molar-refractivity contribution is 8.00. The first-order valence-electron chi connectivity index (χ1n) is 13.9. The molecule has 6 rings (SSSR count). The lowest BCUT2D eigenvalue weighted by molar-refractivity contribution is -0.659. The van der Waals surface area contributed by atoms with Crippen molar-refractivity contribution in [3.05, 3.63) is 77.0 Å². The van der Waals surface area contributed by atoms with E-state index in [1.807, 2.05) is 11.8 Å². The van der Waals surface area contributed by atoms with Crippen LogP contribution in [0.15, 0.2) is 64.5 Å². The molecule has 1 nitrogen and oxygen atoms in total. The van der Waals surface area contributed by atoms with E-state index in [1.165, 1.54) is 75.6 Å². The molecule has 0 aliphatic carbocycles. The molecule has 4 aromatic carbocycles. The Balaban J connectivity index is 1.72. The van der Waals surface area contributed by atoms with Gasteiger partial charge < -0.3 is 0 Å². The monoisotopic (exact) mass is 518 g/mol. The van der Waals surface area contributed by atoms with Gasteiger partial charge in [-0.25, -0.2) is 4.57 Å². The summed E-state index contributed by atoms with van der Waals surface area (Å²) < 4.78 is 2.36. The maximum atomic E-state index is 2.47. The Morgan fingerprint density at radius 3 is 2.16 bits per heavy atom. The average molecular weight is 519 g/mol. The van der Waals surface area contributed by atoms with Crippen molar-refractivity contribution in [3.8, 4) is 11.3 Å². The van der Waals surface area contributed by atoms with Crippen LogP contribution in [0.3, 0.4) is 0 Å². The van der Waals surface area contributed by atoms with Crippen LogP contribution in [0.2, 0.25) is 0 Å². The topological polar surface area (TPSA) is 3.88 Å². The average Bonchev–Trinajstić information content (AvgIpc) is 2.81. The number of fused-ring (bicyclic) bond motifs is 5. The Morgan fingerprint density at radius 1 is 0.737 bits per heavy atom. The van der Waals surface area contributed by atoms with E-state index in [2.05, 4.69) is 122 Å². The van der Waals surface area contributed by atoms with Gasteiger partial charge >= 0.3 is 0 Å². The molecule has 0 amide bonds. The van der Waals surface area contributed by atoms with E-state index in [0.29, 0.717) is 0 Å². The fraction of sp³-hybridized carbons (Fsp3) is 0.361. The van der Waals surface area contributed by atoms with Gasteiger partial charge in [-0.15, -0.1) is 0 Å². The van der Waals surface area contributed by atoms with Crippen molar-refractivity contribution < 1.29 is 4.57 Å². The van der Waals surface area contributed by atoms with Gasteiger partial charge in [-0.3, -0.25) is 0 Å². The Hall–Kier alpha value is -2.84. The number of benzene rings is 4. The number of hydrogen-bond donors (Lipinski definition) is 0. The first kappa shape index (κ1) is 25.4. The molecule has 5 aromatic rings. The van der Waals surface area contributed by atoms with Crippen molar-refractivity contribution >= 4 is 44.1 Å². The second-order valence-electron chi connectivity index (χ2n) is 13.9. The Bertz CT molecular complexity index is 1780. The molecule has 0 unspecified atom stereocenters. The predicted octanol–water partition coefficient (Wildman–Crippen LogP) is 9.90. The van der Waals surface area contributed by atoms with Gasteiger partial charge in [0.1, 0.15) is 7.05 Å². The summed E-state index contributed by atoms with van der Waals surface area (Å²) >= 11 is 2.00. The van der Waals surface area contributed by atoms with Gasteiger partial charge in [-0.1, -0.05) is 95.3 Å². The quantitative estimate of drug-likeness (QED) is 0.163. The van der Waals surface area contributed by atoms with Gasteiger partial charge in [0.15, 0.2) is 6.20 Å². The van der Waals surface area contributed by atoms with Crippen molar-refractivity contribution in [1.82, 2.24) is 0 Å². The van der Waals surface area contributed by atoms with Gasteiger partial charge in [0.05, 0.1) is 10.9 Å². The number of nitrogens with zero attached hydrogens (tertiary/aromatic N) is 1. The molecule has 0 radical (unpaired) electrons. The lowest BCUT2D eigenvalue weighted by Gasteiger charge is -2.28. The maximum Gasteiger partial charge on any atom is 0.222 e. The largest absolute Gasteiger partial charge is 0.222 e. The fourth-order valence-electron chi connectivity index (χ4n) is 6.44. The molecule has 0 fully saturated rings. The number of rotatable bonds is 2. The summed E-state index contributed by atoms with van der Waals surface area (Å²) in [6.45, 7) is 18.6. The molecular weight excluding hydrogens is 478 g/mol. The third kappa shape index (κ3) is 4.22. The van der Waals surface area contributed by atoms with Crippen molar-refractivity contribution in [3.63, 3.8) is 0 Å². The van der Waals surface area contributed by atoms with Crippen molar-refractivity contribution in [2.75, 3.05) is 0 Å². The zero-order valence-corrected chi connectivity index (χ0v) is 25.3. The lowest BCUT2D eigenvalue weighted by atomic mass is 9.82. The SMILES string of the molecule is Cc1ccc2c(CC(C)(C)C)c3c(c(C)c2c1)-c1c2c(cc4cc(CC(C)(C)C)ccc4c2cc[n+]1C)S3. The van der Waals surface area contributed by atoms with Crippen LogP contribution in [-0.2, 0) is 19.9 Å². The van der Waals surface area contributed by atoms with E-state index in [0.717, 1.165) is 12.8 Å². The van der Waals surface area contributed by atoms with E-state index < -0.39 is 0 Å². The van der Waals surface area contributed by atoms with Crippen LogP contribution in [0.1, 0.15) is 63.8 Å². The third-order valence-corrected chi connectivity index (χ3v) is 9.13. The van der Waals surface area contributed by atoms with Gasteiger partial charge in [0.25, 0.3) is 0 Å². The number of aromatic nitrogens is 1. The maximum absolute atomic E-state index is 2.47. The summed E-state index contributed by atoms with van der Waals surface area (Å²) in [5.41, 5.74) is 8.91. The molecule has 0 saturated carbocycles. The molecule has 1 aromatic heterocycles. The summed E-state index contributed by atoms with van der Waals surface area (Å²) in [7, 11) is 2.22. The van der Waals surface area contributed by atoms with Gasteiger partial charge in [-0.2, -0.15) is 0 Å². The van der Waals surface area contributed by atoms with Crippen LogP contribution in [0.25, 0.3) is 43.6 Å². The number of pyridine rings is 1. The Kier molecular flexibility index (Phi) is 5.74. The zero-order valence-electron chi connectivity index (χ0n) is 24.5. The first-order chi connectivity index (χ1) is 17.8. The minimum Gasteiger partial charge on any atom is -0.200 e. The van der Waals surface area contributed by atoms with Gasteiger partial charge in [0, 0.05) is 21.2 Å². The molecule has 2 heterocycles. The summed E-state index contributed by atoms with van der Waals surface area (Å²) in [6.07, 6.45) is 4.41. The number of aryl methyl sites for hydroxylation is 3. The third-order valence-electron chi connectivity index (χ3n) is 7.93. The van der Waals surface area contributed by atoms with Crippen LogP contribution < -0.4 is 4.57 Å². The van der Waals surface area contributed by atoms with E-state index in [1.54, 1.807) is 0 Å². The summed E-state index contributed by atoms with van der Waals surface area (Å²) in [5, 5.41) is 8.30. The van der Waals surface area contributed by atoms with Gasteiger partial charge in [-0.05, 0) is 81.8 Å². The molecule has 0 spiro atoms. The van der Waals surface area contributed by atoms with Crippen LogP contribution in [0.5, 0.6) is 0 Å². The lowest BCUT2D eigenvalue weighted by Crippen LogP contribution is -2.32. The van der Waals surface area contributed by atoms with Crippen molar-refractivity contribution in [2.24, 2.45) is 17.9 Å². The standard InChI is InChI=1S/C36H40NS/c1-21-10-12-26-28(16-21)22(2)31-33-32-27(14-15-37(33)9)25-13-11-23(19-35(3,4)5)17-24(25)18-30(32)38-34(31)29(26)20-36(6,7)8/h10-18H,19-20H2,1-9H3/q+1. The molecule has 0 N–H and O–H groups in total. The molecule has 1 aliphatic rings. The molecule has 2 heteroatoms. The minimum atomic E-state index is 0.196.